The van der Waals surface area contributed by atoms with Crippen molar-refractivity contribution in [1.29, 1.82) is 0 Å². The molecule has 0 aromatic rings. The highest BCUT2D eigenvalue weighted by atomic mass is 16.3. The summed E-state index contributed by atoms with van der Waals surface area (Å²) >= 11 is 0. The van der Waals surface area contributed by atoms with Gasteiger partial charge in [0.05, 0.1) is 12.7 Å². The maximum Gasteiger partial charge on any atom is 0.0695 e. The van der Waals surface area contributed by atoms with Crippen molar-refractivity contribution in [3.8, 4) is 0 Å². The van der Waals surface area contributed by atoms with Crippen molar-refractivity contribution in [2.75, 3.05) is 19.7 Å². The summed E-state index contributed by atoms with van der Waals surface area (Å²) < 4.78 is 0. The zero-order chi connectivity index (χ0) is 11.8. The van der Waals surface area contributed by atoms with E-state index in [1.54, 1.807) is 0 Å². The number of unbranched alkanes of at least 4 members (excludes halogenated alkanes) is 1. The van der Waals surface area contributed by atoms with Gasteiger partial charge in [-0.3, -0.25) is 4.90 Å². The molecular formula is C13H27NO2. The first-order chi connectivity index (χ1) is 7.79. The van der Waals surface area contributed by atoms with Gasteiger partial charge in [0, 0.05) is 12.6 Å². The van der Waals surface area contributed by atoms with Crippen LogP contribution in [-0.2, 0) is 0 Å². The van der Waals surface area contributed by atoms with Crippen LogP contribution < -0.4 is 0 Å². The van der Waals surface area contributed by atoms with Crippen LogP contribution in [0.1, 0.15) is 51.9 Å². The molecule has 0 aliphatic heterocycles. The topological polar surface area (TPSA) is 43.7 Å². The molecule has 16 heavy (non-hydrogen) atoms. The van der Waals surface area contributed by atoms with Gasteiger partial charge in [0.15, 0.2) is 0 Å². The molecule has 1 rings (SSSR count). The van der Waals surface area contributed by atoms with Gasteiger partial charge in [-0.05, 0) is 25.8 Å². The molecule has 1 fully saturated rings. The van der Waals surface area contributed by atoms with Crippen LogP contribution in [-0.4, -0.2) is 47.0 Å². The van der Waals surface area contributed by atoms with Gasteiger partial charge in [-0.2, -0.15) is 0 Å². The average molecular weight is 229 g/mol. The number of aliphatic hydroxyl groups excluding tert-OH is 2. The third kappa shape index (κ3) is 4.40. The monoisotopic (exact) mass is 229 g/mol. The SMILES string of the molecule is CCCCN(CCO)C1CCCCCC1O. The molecule has 3 heteroatoms. The molecular weight excluding hydrogens is 202 g/mol. The predicted molar refractivity (Wildman–Crippen MR) is 66.4 cm³/mol. The first-order valence-corrected chi connectivity index (χ1v) is 6.82. The van der Waals surface area contributed by atoms with Gasteiger partial charge in [-0.1, -0.05) is 32.6 Å². The summed E-state index contributed by atoms with van der Waals surface area (Å²) in [5.41, 5.74) is 0. The van der Waals surface area contributed by atoms with Gasteiger partial charge in [0.25, 0.3) is 0 Å². The molecule has 3 nitrogen and oxygen atoms in total. The Labute approximate surface area is 99.5 Å². The summed E-state index contributed by atoms with van der Waals surface area (Å²) in [6.07, 6.45) is 7.77. The third-order valence-corrected chi connectivity index (χ3v) is 3.60. The molecule has 2 unspecified atom stereocenters. The van der Waals surface area contributed by atoms with E-state index in [4.69, 9.17) is 5.11 Å². The van der Waals surface area contributed by atoms with Crippen LogP contribution in [0.3, 0.4) is 0 Å². The van der Waals surface area contributed by atoms with Crippen LogP contribution in [0, 0.1) is 0 Å². The summed E-state index contributed by atoms with van der Waals surface area (Å²) in [6.45, 7) is 4.11. The van der Waals surface area contributed by atoms with E-state index in [1.165, 1.54) is 19.3 Å². The molecule has 0 spiro atoms. The van der Waals surface area contributed by atoms with E-state index in [-0.39, 0.29) is 18.8 Å². The molecule has 0 heterocycles. The fourth-order valence-electron chi connectivity index (χ4n) is 2.63. The smallest absolute Gasteiger partial charge is 0.0695 e. The molecule has 2 atom stereocenters. The van der Waals surface area contributed by atoms with Gasteiger partial charge < -0.3 is 10.2 Å². The first-order valence-electron chi connectivity index (χ1n) is 6.82. The van der Waals surface area contributed by atoms with Gasteiger partial charge in [0.2, 0.25) is 0 Å². The third-order valence-electron chi connectivity index (χ3n) is 3.60. The number of rotatable bonds is 6. The fraction of sp³-hybridized carbons (Fsp3) is 1.00. The molecule has 1 aliphatic carbocycles. The van der Waals surface area contributed by atoms with E-state index in [0.717, 1.165) is 32.2 Å². The van der Waals surface area contributed by atoms with E-state index in [0.29, 0.717) is 6.54 Å². The Kier molecular flexibility index (Phi) is 7.01. The zero-order valence-corrected chi connectivity index (χ0v) is 10.6. The highest BCUT2D eigenvalue weighted by molar-refractivity contribution is 4.81. The van der Waals surface area contributed by atoms with Crippen molar-refractivity contribution in [3.63, 3.8) is 0 Å². The molecule has 0 aromatic carbocycles. The normalized spacial score (nSPS) is 27.0. The molecule has 1 saturated carbocycles. The summed E-state index contributed by atoms with van der Waals surface area (Å²) in [5.74, 6) is 0. The molecule has 1 aliphatic rings. The van der Waals surface area contributed by atoms with E-state index < -0.39 is 0 Å². The second kappa shape index (κ2) is 8.04. The second-order valence-electron chi connectivity index (χ2n) is 4.89. The average Bonchev–Trinajstić information content (AvgIpc) is 2.49. The Morgan fingerprint density at radius 3 is 2.56 bits per heavy atom. The standard InChI is InChI=1S/C13H27NO2/c1-2-3-9-14(10-11-15)12-7-5-4-6-8-13(12)16/h12-13,15-16H,2-11H2,1H3. The predicted octanol–water partition coefficient (Wildman–Crippen LogP) is 1.77. The van der Waals surface area contributed by atoms with Crippen molar-refractivity contribution < 1.29 is 10.2 Å². The van der Waals surface area contributed by atoms with E-state index in [2.05, 4.69) is 11.8 Å². The van der Waals surface area contributed by atoms with Crippen LogP contribution in [0.4, 0.5) is 0 Å². The molecule has 0 aromatic heterocycles. The van der Waals surface area contributed by atoms with Gasteiger partial charge in [-0.25, -0.2) is 0 Å². The van der Waals surface area contributed by atoms with Crippen molar-refractivity contribution in [1.82, 2.24) is 4.90 Å². The van der Waals surface area contributed by atoms with Crippen molar-refractivity contribution >= 4 is 0 Å². The minimum atomic E-state index is -0.189. The Morgan fingerprint density at radius 2 is 1.88 bits per heavy atom. The van der Waals surface area contributed by atoms with E-state index >= 15 is 0 Å². The lowest BCUT2D eigenvalue weighted by molar-refractivity contribution is 0.0343. The number of hydrogen-bond donors (Lipinski definition) is 2. The van der Waals surface area contributed by atoms with Crippen LogP contribution in [0.15, 0.2) is 0 Å². The van der Waals surface area contributed by atoms with E-state index in [9.17, 15) is 5.11 Å². The number of aliphatic hydroxyl groups is 2. The maximum absolute atomic E-state index is 10.1. The Hall–Kier alpha value is -0.120. The highest BCUT2D eigenvalue weighted by Crippen LogP contribution is 2.22. The molecule has 0 saturated heterocycles. The molecule has 2 N–H and O–H groups in total. The second-order valence-corrected chi connectivity index (χ2v) is 4.89. The zero-order valence-electron chi connectivity index (χ0n) is 10.6. The minimum Gasteiger partial charge on any atom is -0.395 e. The first kappa shape index (κ1) is 13.9. The Bertz CT molecular complexity index is 175. The summed E-state index contributed by atoms with van der Waals surface area (Å²) in [7, 11) is 0. The van der Waals surface area contributed by atoms with Gasteiger partial charge >= 0.3 is 0 Å². The fourth-order valence-corrected chi connectivity index (χ4v) is 2.63. The lowest BCUT2D eigenvalue weighted by atomic mass is 10.0. The minimum absolute atomic E-state index is 0.189. The van der Waals surface area contributed by atoms with Gasteiger partial charge in [0.1, 0.15) is 0 Å². The number of nitrogens with zero attached hydrogens (tertiary/aromatic N) is 1. The Balaban J connectivity index is 2.51. The summed E-state index contributed by atoms with van der Waals surface area (Å²) in [6, 6.07) is 0.279. The summed E-state index contributed by atoms with van der Waals surface area (Å²) in [5, 5.41) is 19.2. The van der Waals surface area contributed by atoms with Crippen molar-refractivity contribution in [2.45, 2.75) is 64.0 Å². The van der Waals surface area contributed by atoms with Crippen LogP contribution >= 0.6 is 0 Å². The summed E-state index contributed by atoms with van der Waals surface area (Å²) in [4.78, 5) is 2.29. The molecule has 0 bridgehead atoms. The molecule has 96 valence electrons. The maximum atomic E-state index is 10.1. The lowest BCUT2D eigenvalue weighted by Crippen LogP contribution is -2.45. The molecule has 0 radical (unpaired) electrons. The largest absolute Gasteiger partial charge is 0.395 e. The molecule has 0 amide bonds. The quantitative estimate of drug-likeness (QED) is 0.682. The van der Waals surface area contributed by atoms with Crippen molar-refractivity contribution in [3.05, 3.63) is 0 Å². The van der Waals surface area contributed by atoms with Crippen LogP contribution in [0.2, 0.25) is 0 Å². The van der Waals surface area contributed by atoms with Crippen molar-refractivity contribution in [2.24, 2.45) is 0 Å². The van der Waals surface area contributed by atoms with Crippen LogP contribution in [0.25, 0.3) is 0 Å². The van der Waals surface area contributed by atoms with Crippen LogP contribution in [0.5, 0.6) is 0 Å². The lowest BCUT2D eigenvalue weighted by Gasteiger charge is -2.33. The Morgan fingerprint density at radius 1 is 1.12 bits per heavy atom. The highest BCUT2D eigenvalue weighted by Gasteiger charge is 2.26. The van der Waals surface area contributed by atoms with E-state index in [1.807, 2.05) is 0 Å². The van der Waals surface area contributed by atoms with Gasteiger partial charge in [-0.15, -0.1) is 0 Å². The number of hydrogen-bond acceptors (Lipinski definition) is 3.